The summed E-state index contributed by atoms with van der Waals surface area (Å²) in [5, 5.41) is 4.49. The predicted octanol–water partition coefficient (Wildman–Crippen LogP) is 4.48. The van der Waals surface area contributed by atoms with E-state index in [4.69, 9.17) is 23.2 Å². The first-order valence-corrected chi connectivity index (χ1v) is 6.61. The van der Waals surface area contributed by atoms with E-state index in [9.17, 15) is 0 Å². The molecule has 0 spiro atoms. The molecule has 19 heavy (non-hydrogen) atoms. The first kappa shape index (κ1) is 12.3. The SMILES string of the molecule is Clc1cccc(Cl)c1CNc1nc2ccccc2[nH]1. The predicted molar refractivity (Wildman–Crippen MR) is 79.9 cm³/mol. The van der Waals surface area contributed by atoms with Crippen LogP contribution in [0.5, 0.6) is 0 Å². The van der Waals surface area contributed by atoms with E-state index < -0.39 is 0 Å². The number of halogens is 2. The molecule has 0 unspecified atom stereocenters. The smallest absolute Gasteiger partial charge is 0.201 e. The van der Waals surface area contributed by atoms with Gasteiger partial charge >= 0.3 is 0 Å². The van der Waals surface area contributed by atoms with Gasteiger partial charge in [0.2, 0.25) is 5.95 Å². The van der Waals surface area contributed by atoms with Crippen molar-refractivity contribution in [1.82, 2.24) is 9.97 Å². The topological polar surface area (TPSA) is 40.7 Å². The Morgan fingerprint density at radius 2 is 1.74 bits per heavy atom. The summed E-state index contributed by atoms with van der Waals surface area (Å²) in [7, 11) is 0. The molecule has 0 saturated carbocycles. The Bertz CT molecular complexity index is 668. The fourth-order valence-corrected chi connectivity index (χ4v) is 2.44. The molecule has 0 radical (unpaired) electrons. The van der Waals surface area contributed by atoms with Gasteiger partial charge in [0.05, 0.1) is 11.0 Å². The number of nitrogens with zero attached hydrogens (tertiary/aromatic N) is 1. The first-order chi connectivity index (χ1) is 9.24. The van der Waals surface area contributed by atoms with Crippen molar-refractivity contribution in [2.75, 3.05) is 5.32 Å². The number of hydrogen-bond acceptors (Lipinski definition) is 2. The van der Waals surface area contributed by atoms with E-state index in [2.05, 4.69) is 15.3 Å². The zero-order valence-electron chi connectivity index (χ0n) is 9.95. The molecule has 0 amide bonds. The molecular formula is C14H11Cl2N3. The summed E-state index contributed by atoms with van der Waals surface area (Å²) in [4.78, 5) is 7.63. The van der Waals surface area contributed by atoms with Gasteiger partial charge in [-0.2, -0.15) is 0 Å². The fourth-order valence-electron chi connectivity index (χ4n) is 1.91. The molecule has 2 aromatic carbocycles. The molecule has 0 aliphatic rings. The Labute approximate surface area is 120 Å². The number of rotatable bonds is 3. The first-order valence-electron chi connectivity index (χ1n) is 5.85. The van der Waals surface area contributed by atoms with Crippen LogP contribution in [-0.4, -0.2) is 9.97 Å². The van der Waals surface area contributed by atoms with Crippen LogP contribution in [0.1, 0.15) is 5.56 Å². The Morgan fingerprint density at radius 1 is 1.00 bits per heavy atom. The lowest BCUT2D eigenvalue weighted by Crippen LogP contribution is -2.02. The lowest BCUT2D eigenvalue weighted by atomic mass is 10.2. The third-order valence-corrected chi connectivity index (χ3v) is 3.59. The lowest BCUT2D eigenvalue weighted by Gasteiger charge is -2.07. The average Bonchev–Trinajstić information content (AvgIpc) is 2.81. The van der Waals surface area contributed by atoms with Crippen LogP contribution in [0, 0.1) is 0 Å². The Hall–Kier alpha value is -1.71. The Morgan fingerprint density at radius 3 is 2.47 bits per heavy atom. The number of para-hydroxylation sites is 2. The number of nitrogens with one attached hydrogen (secondary N) is 2. The molecule has 0 saturated heterocycles. The molecule has 0 fully saturated rings. The van der Waals surface area contributed by atoms with E-state index in [1.165, 1.54) is 0 Å². The molecule has 1 aromatic heterocycles. The summed E-state index contributed by atoms with van der Waals surface area (Å²) in [5.74, 6) is 0.706. The quantitative estimate of drug-likeness (QED) is 0.747. The number of hydrogen-bond donors (Lipinski definition) is 2. The highest BCUT2D eigenvalue weighted by atomic mass is 35.5. The Balaban J connectivity index is 1.82. The normalized spacial score (nSPS) is 10.8. The van der Waals surface area contributed by atoms with Gasteiger partial charge in [-0.1, -0.05) is 41.4 Å². The molecule has 3 aromatic rings. The number of imidazole rings is 1. The van der Waals surface area contributed by atoms with Crippen LogP contribution < -0.4 is 5.32 Å². The van der Waals surface area contributed by atoms with Gasteiger partial charge < -0.3 is 10.3 Å². The molecule has 5 heteroatoms. The van der Waals surface area contributed by atoms with Crippen LogP contribution >= 0.6 is 23.2 Å². The van der Waals surface area contributed by atoms with Crippen LogP contribution in [-0.2, 0) is 6.54 Å². The maximum absolute atomic E-state index is 6.12. The minimum absolute atomic E-state index is 0.526. The third-order valence-electron chi connectivity index (χ3n) is 2.88. The van der Waals surface area contributed by atoms with Crippen LogP contribution in [0.25, 0.3) is 11.0 Å². The highest BCUT2D eigenvalue weighted by molar-refractivity contribution is 6.36. The zero-order valence-corrected chi connectivity index (χ0v) is 11.5. The molecule has 0 aliphatic heterocycles. The van der Waals surface area contributed by atoms with E-state index in [1.54, 1.807) is 0 Å². The van der Waals surface area contributed by atoms with Crippen LogP contribution in [0.15, 0.2) is 42.5 Å². The van der Waals surface area contributed by atoms with Crippen molar-refractivity contribution in [3.63, 3.8) is 0 Å². The molecule has 0 atom stereocenters. The fraction of sp³-hybridized carbons (Fsp3) is 0.0714. The minimum Gasteiger partial charge on any atom is -0.352 e. The van der Waals surface area contributed by atoms with E-state index in [1.807, 2.05) is 42.5 Å². The van der Waals surface area contributed by atoms with E-state index in [-0.39, 0.29) is 0 Å². The van der Waals surface area contributed by atoms with Crippen LogP contribution in [0.4, 0.5) is 5.95 Å². The van der Waals surface area contributed by atoms with Gasteiger partial charge in [0, 0.05) is 22.2 Å². The molecule has 2 N–H and O–H groups in total. The summed E-state index contributed by atoms with van der Waals surface area (Å²) < 4.78 is 0. The van der Waals surface area contributed by atoms with Gasteiger partial charge in [-0.05, 0) is 24.3 Å². The minimum atomic E-state index is 0.526. The van der Waals surface area contributed by atoms with E-state index >= 15 is 0 Å². The number of benzene rings is 2. The summed E-state index contributed by atoms with van der Waals surface area (Å²) in [5.41, 5.74) is 2.79. The average molecular weight is 292 g/mol. The molecule has 3 rings (SSSR count). The standard InChI is InChI=1S/C14H11Cl2N3/c15-10-4-3-5-11(16)9(10)8-17-14-18-12-6-1-2-7-13(12)19-14/h1-7H,8H2,(H2,17,18,19). The van der Waals surface area contributed by atoms with Crippen molar-refractivity contribution in [2.24, 2.45) is 0 Å². The van der Waals surface area contributed by atoms with Crippen LogP contribution in [0.2, 0.25) is 10.0 Å². The lowest BCUT2D eigenvalue weighted by molar-refractivity contribution is 1.10. The molecule has 1 heterocycles. The third kappa shape index (κ3) is 2.53. The summed E-state index contributed by atoms with van der Waals surface area (Å²) in [6.07, 6.45) is 0. The highest BCUT2D eigenvalue weighted by Gasteiger charge is 2.06. The number of fused-ring (bicyclic) bond motifs is 1. The number of aromatic amines is 1. The van der Waals surface area contributed by atoms with Crippen molar-refractivity contribution in [3.8, 4) is 0 Å². The van der Waals surface area contributed by atoms with Gasteiger partial charge in [-0.3, -0.25) is 0 Å². The maximum atomic E-state index is 6.12. The van der Waals surface area contributed by atoms with E-state index in [0.717, 1.165) is 16.6 Å². The van der Waals surface area contributed by atoms with Gasteiger partial charge in [0.25, 0.3) is 0 Å². The second kappa shape index (κ2) is 5.11. The number of aromatic nitrogens is 2. The monoisotopic (exact) mass is 291 g/mol. The van der Waals surface area contributed by atoms with Gasteiger partial charge in [0.1, 0.15) is 0 Å². The maximum Gasteiger partial charge on any atom is 0.201 e. The molecule has 3 nitrogen and oxygen atoms in total. The second-order valence-electron chi connectivity index (χ2n) is 4.16. The molecule has 0 bridgehead atoms. The second-order valence-corrected chi connectivity index (χ2v) is 4.97. The van der Waals surface area contributed by atoms with Crippen molar-refractivity contribution >= 4 is 40.2 Å². The van der Waals surface area contributed by atoms with Gasteiger partial charge in [-0.25, -0.2) is 4.98 Å². The largest absolute Gasteiger partial charge is 0.352 e. The van der Waals surface area contributed by atoms with Gasteiger partial charge in [0.15, 0.2) is 0 Å². The van der Waals surface area contributed by atoms with Crippen molar-refractivity contribution in [3.05, 3.63) is 58.1 Å². The van der Waals surface area contributed by atoms with Gasteiger partial charge in [-0.15, -0.1) is 0 Å². The molecular weight excluding hydrogens is 281 g/mol. The molecule has 0 aliphatic carbocycles. The zero-order chi connectivity index (χ0) is 13.2. The van der Waals surface area contributed by atoms with Crippen molar-refractivity contribution in [2.45, 2.75) is 6.54 Å². The molecule has 96 valence electrons. The van der Waals surface area contributed by atoms with E-state index in [0.29, 0.717) is 22.5 Å². The van der Waals surface area contributed by atoms with Crippen molar-refractivity contribution in [1.29, 1.82) is 0 Å². The van der Waals surface area contributed by atoms with Crippen LogP contribution in [0.3, 0.4) is 0 Å². The number of anilines is 1. The summed E-state index contributed by atoms with van der Waals surface area (Å²) >= 11 is 12.2. The van der Waals surface area contributed by atoms with Crippen molar-refractivity contribution < 1.29 is 0 Å². The summed E-state index contributed by atoms with van der Waals surface area (Å²) in [6.45, 7) is 0.526. The Kier molecular flexibility index (Phi) is 3.32. The summed E-state index contributed by atoms with van der Waals surface area (Å²) in [6, 6.07) is 13.3. The number of H-pyrrole nitrogens is 1. The highest BCUT2D eigenvalue weighted by Crippen LogP contribution is 2.25.